The number of hydrogen-bond acceptors (Lipinski definition) is 7. The van der Waals surface area contributed by atoms with E-state index in [1.807, 2.05) is 0 Å². The summed E-state index contributed by atoms with van der Waals surface area (Å²) in [7, 11) is -3.83. The first-order chi connectivity index (χ1) is 12.1. The summed E-state index contributed by atoms with van der Waals surface area (Å²) in [5, 5.41) is 13.9. The lowest BCUT2D eigenvalue weighted by Gasteiger charge is -2.17. The van der Waals surface area contributed by atoms with Crippen molar-refractivity contribution in [2.75, 3.05) is 6.26 Å². The van der Waals surface area contributed by atoms with Crippen molar-refractivity contribution in [1.29, 1.82) is 0 Å². The summed E-state index contributed by atoms with van der Waals surface area (Å²) in [6.45, 7) is 1.40. The molecule has 0 unspecified atom stereocenters. The predicted octanol–water partition coefficient (Wildman–Crippen LogP) is 1.60. The first-order valence-corrected chi connectivity index (χ1v) is 9.98. The second-order valence-corrected chi connectivity index (χ2v) is 8.23. The molecule has 1 aromatic carbocycles. The van der Waals surface area contributed by atoms with Crippen molar-refractivity contribution in [3.05, 3.63) is 33.9 Å². The van der Waals surface area contributed by atoms with Crippen LogP contribution in [0.4, 0.5) is 5.69 Å². The number of nitrogens with zero attached hydrogens (tertiary/aromatic N) is 1. The van der Waals surface area contributed by atoms with Crippen molar-refractivity contribution in [3.63, 3.8) is 0 Å². The van der Waals surface area contributed by atoms with Crippen molar-refractivity contribution in [1.82, 2.24) is 5.32 Å². The van der Waals surface area contributed by atoms with Gasteiger partial charge in [0.05, 0.1) is 10.5 Å². The van der Waals surface area contributed by atoms with Crippen LogP contribution in [0.25, 0.3) is 0 Å². The molecule has 1 atom stereocenters. The van der Waals surface area contributed by atoms with Gasteiger partial charge in [-0.25, -0.2) is 13.2 Å². The van der Waals surface area contributed by atoms with Crippen LogP contribution in [0.3, 0.4) is 0 Å². The topological polar surface area (TPSA) is 133 Å². The average molecular weight is 384 g/mol. The average Bonchev–Trinajstić information content (AvgIpc) is 3.06. The van der Waals surface area contributed by atoms with Crippen molar-refractivity contribution in [2.24, 2.45) is 0 Å². The Morgan fingerprint density at radius 3 is 2.46 bits per heavy atom. The number of sulfone groups is 1. The van der Waals surface area contributed by atoms with E-state index in [1.54, 1.807) is 0 Å². The third-order valence-corrected chi connectivity index (χ3v) is 5.29. The maximum Gasteiger partial charge on any atom is 0.339 e. The molecule has 1 aliphatic carbocycles. The summed E-state index contributed by atoms with van der Waals surface area (Å²) in [6.07, 6.45) is 3.60. The van der Waals surface area contributed by atoms with E-state index in [0.717, 1.165) is 50.1 Å². The largest absolute Gasteiger partial charge is 0.449 e. The number of nitro groups is 1. The number of carbonyl (C=O) groups is 2. The first kappa shape index (κ1) is 19.8. The molecule has 0 aromatic heterocycles. The van der Waals surface area contributed by atoms with E-state index in [9.17, 15) is 28.1 Å². The van der Waals surface area contributed by atoms with E-state index in [-0.39, 0.29) is 11.6 Å². The van der Waals surface area contributed by atoms with Gasteiger partial charge in [0, 0.05) is 18.4 Å². The van der Waals surface area contributed by atoms with Crippen molar-refractivity contribution in [2.45, 2.75) is 49.6 Å². The van der Waals surface area contributed by atoms with Crippen LogP contribution in [-0.2, 0) is 19.4 Å². The Morgan fingerprint density at radius 1 is 1.31 bits per heavy atom. The SMILES string of the molecule is C[C@@H](OC(=O)c1ccc(S(C)(=O)=O)c([N+](=O)[O-])c1)C(=O)NC1CCCC1. The summed E-state index contributed by atoms with van der Waals surface area (Å²) in [6, 6.07) is 3.00. The summed E-state index contributed by atoms with van der Waals surface area (Å²) in [4.78, 5) is 33.9. The van der Waals surface area contributed by atoms with Crippen LogP contribution in [0.5, 0.6) is 0 Å². The Balaban J connectivity index is 2.12. The predicted molar refractivity (Wildman–Crippen MR) is 91.5 cm³/mol. The monoisotopic (exact) mass is 384 g/mol. The Bertz CT molecular complexity index is 829. The number of rotatable bonds is 6. The van der Waals surface area contributed by atoms with Crippen LogP contribution < -0.4 is 5.32 Å². The number of nitrogens with one attached hydrogen (secondary N) is 1. The van der Waals surface area contributed by atoms with Crippen LogP contribution in [0, 0.1) is 10.1 Å². The lowest BCUT2D eigenvalue weighted by molar-refractivity contribution is -0.387. The Kier molecular flexibility index (Phi) is 5.96. The Labute approximate surface area is 150 Å². The molecule has 0 radical (unpaired) electrons. The van der Waals surface area contributed by atoms with E-state index in [1.165, 1.54) is 6.92 Å². The number of hydrogen-bond donors (Lipinski definition) is 1. The van der Waals surface area contributed by atoms with Gasteiger partial charge in [0.2, 0.25) is 0 Å². The van der Waals surface area contributed by atoms with Gasteiger partial charge in [0.15, 0.2) is 15.9 Å². The highest BCUT2D eigenvalue weighted by molar-refractivity contribution is 7.90. The molecule has 10 heteroatoms. The van der Waals surface area contributed by atoms with Gasteiger partial charge in [0.1, 0.15) is 4.90 Å². The summed E-state index contributed by atoms with van der Waals surface area (Å²) in [5.41, 5.74) is -0.922. The van der Waals surface area contributed by atoms with Crippen LogP contribution >= 0.6 is 0 Å². The minimum Gasteiger partial charge on any atom is -0.449 e. The quantitative estimate of drug-likeness (QED) is 0.447. The van der Waals surface area contributed by atoms with Crippen LogP contribution in [0.1, 0.15) is 43.0 Å². The second kappa shape index (κ2) is 7.81. The molecular weight excluding hydrogens is 364 g/mol. The second-order valence-electron chi connectivity index (χ2n) is 6.25. The van der Waals surface area contributed by atoms with E-state index in [0.29, 0.717) is 0 Å². The summed E-state index contributed by atoms with van der Waals surface area (Å²) in [5.74, 6) is -1.38. The molecule has 0 heterocycles. The number of ether oxygens (including phenoxy) is 1. The zero-order chi connectivity index (χ0) is 19.5. The maximum absolute atomic E-state index is 12.2. The molecule has 1 aromatic rings. The Morgan fingerprint density at radius 2 is 1.92 bits per heavy atom. The van der Waals surface area contributed by atoms with Crippen LogP contribution in [-0.4, -0.2) is 43.6 Å². The highest BCUT2D eigenvalue weighted by Crippen LogP contribution is 2.25. The third-order valence-electron chi connectivity index (χ3n) is 4.15. The highest BCUT2D eigenvalue weighted by atomic mass is 32.2. The smallest absolute Gasteiger partial charge is 0.339 e. The number of esters is 1. The Hall–Kier alpha value is -2.49. The third kappa shape index (κ3) is 4.78. The molecule has 1 saturated carbocycles. The lowest BCUT2D eigenvalue weighted by Crippen LogP contribution is -2.40. The van der Waals surface area contributed by atoms with Gasteiger partial charge in [-0.2, -0.15) is 0 Å². The fourth-order valence-corrected chi connectivity index (χ4v) is 3.60. The number of benzene rings is 1. The molecule has 0 aliphatic heterocycles. The van der Waals surface area contributed by atoms with E-state index in [4.69, 9.17) is 4.74 Å². The van der Waals surface area contributed by atoms with Gasteiger partial charge in [-0.1, -0.05) is 12.8 Å². The van der Waals surface area contributed by atoms with Crippen molar-refractivity contribution in [3.8, 4) is 0 Å². The van der Waals surface area contributed by atoms with Crippen LogP contribution in [0.2, 0.25) is 0 Å². The minimum absolute atomic E-state index is 0.0683. The molecule has 9 nitrogen and oxygen atoms in total. The molecule has 1 aliphatic rings. The van der Waals surface area contributed by atoms with E-state index in [2.05, 4.69) is 5.32 Å². The molecule has 0 spiro atoms. The molecule has 0 saturated heterocycles. The normalized spacial score (nSPS) is 16.1. The molecule has 0 bridgehead atoms. The lowest BCUT2D eigenvalue weighted by atomic mass is 10.2. The molecule has 2 rings (SSSR count). The summed E-state index contributed by atoms with van der Waals surface area (Å²) < 4.78 is 28.2. The maximum atomic E-state index is 12.2. The van der Waals surface area contributed by atoms with E-state index < -0.39 is 43.3 Å². The minimum atomic E-state index is -3.83. The molecule has 1 N–H and O–H groups in total. The fourth-order valence-electron chi connectivity index (χ4n) is 2.77. The number of amides is 1. The van der Waals surface area contributed by atoms with Gasteiger partial charge in [-0.15, -0.1) is 0 Å². The highest BCUT2D eigenvalue weighted by Gasteiger charge is 2.27. The van der Waals surface area contributed by atoms with E-state index >= 15 is 0 Å². The molecular formula is C16H20N2O7S. The standard InChI is InChI=1S/C16H20N2O7S/c1-10(15(19)17-12-5-3-4-6-12)25-16(20)11-7-8-14(26(2,23)24)13(9-11)18(21)22/h7-10,12H,3-6H2,1-2H3,(H,17,19)/t10-/m1/s1. The number of nitro benzene ring substituents is 1. The van der Waals surface area contributed by atoms with Gasteiger partial charge in [-0.05, 0) is 31.9 Å². The van der Waals surface area contributed by atoms with Gasteiger partial charge in [0.25, 0.3) is 11.6 Å². The van der Waals surface area contributed by atoms with Crippen LogP contribution in [0.15, 0.2) is 23.1 Å². The van der Waals surface area contributed by atoms with Gasteiger partial charge >= 0.3 is 5.97 Å². The zero-order valence-electron chi connectivity index (χ0n) is 14.4. The number of carbonyl (C=O) groups excluding carboxylic acids is 2. The first-order valence-electron chi connectivity index (χ1n) is 8.09. The molecule has 1 amide bonds. The molecule has 142 valence electrons. The zero-order valence-corrected chi connectivity index (χ0v) is 15.2. The molecule has 26 heavy (non-hydrogen) atoms. The van der Waals surface area contributed by atoms with Gasteiger partial charge < -0.3 is 10.1 Å². The fraction of sp³-hybridized carbons (Fsp3) is 0.500. The van der Waals surface area contributed by atoms with Gasteiger partial charge in [-0.3, -0.25) is 14.9 Å². The summed E-state index contributed by atoms with van der Waals surface area (Å²) >= 11 is 0. The van der Waals surface area contributed by atoms with Crippen molar-refractivity contribution >= 4 is 27.4 Å². The van der Waals surface area contributed by atoms with Crippen molar-refractivity contribution < 1.29 is 27.7 Å². The molecule has 1 fully saturated rings.